The van der Waals surface area contributed by atoms with E-state index < -0.39 is 18.0 Å². The van der Waals surface area contributed by atoms with E-state index in [1.54, 1.807) is 16.0 Å². The fourth-order valence-corrected chi connectivity index (χ4v) is 6.90. The molecule has 2 unspecified atom stereocenters. The Labute approximate surface area is 268 Å². The molecule has 4 aromatic rings. The molecule has 12 heteroatoms. The first-order valence-electron chi connectivity index (χ1n) is 16.2. The van der Waals surface area contributed by atoms with Crippen molar-refractivity contribution >= 4 is 28.8 Å². The van der Waals surface area contributed by atoms with Gasteiger partial charge in [0.15, 0.2) is 28.9 Å². The fraction of sp³-hybridized carbons (Fsp3) is 0.471. The summed E-state index contributed by atoms with van der Waals surface area (Å²) in [6.45, 7) is 6.85. The second-order valence-electron chi connectivity index (χ2n) is 12.8. The number of rotatable bonds is 10. The van der Waals surface area contributed by atoms with Crippen LogP contribution in [0.4, 0.5) is 11.8 Å². The first-order valence-corrected chi connectivity index (χ1v) is 16.2. The number of carbonyl (C=O) groups is 1. The minimum atomic E-state index is -0.807. The summed E-state index contributed by atoms with van der Waals surface area (Å²) in [7, 11) is 0. The summed E-state index contributed by atoms with van der Waals surface area (Å²) in [6, 6.07) is 21.1. The Morgan fingerprint density at radius 3 is 2.43 bits per heavy atom. The Balaban J connectivity index is 1.22. The molecule has 0 bridgehead atoms. The molecule has 7 rings (SSSR count). The molecule has 3 aliphatic rings. The number of hydrogen-bond donors (Lipinski definition) is 3. The number of benzene rings is 2. The van der Waals surface area contributed by atoms with Gasteiger partial charge in [-0.15, -0.1) is 0 Å². The molecule has 1 saturated carbocycles. The number of hydrogen-bond acceptors (Lipinski definition) is 10. The Kier molecular flexibility index (Phi) is 8.36. The lowest BCUT2D eigenvalue weighted by molar-refractivity contribution is -0.177. The smallest absolute Gasteiger partial charge is 0.273 e. The molecule has 5 atom stereocenters. The molecule has 3 fully saturated rings. The number of amides is 1. The van der Waals surface area contributed by atoms with Gasteiger partial charge in [0.1, 0.15) is 18.5 Å². The number of nitrogens with two attached hydrogens (primary N) is 1. The van der Waals surface area contributed by atoms with E-state index in [1.807, 2.05) is 32.9 Å². The molecule has 4 heterocycles. The van der Waals surface area contributed by atoms with Crippen LogP contribution in [0.3, 0.4) is 0 Å². The van der Waals surface area contributed by atoms with Crippen LogP contribution in [-0.2, 0) is 19.0 Å². The second kappa shape index (κ2) is 12.6. The quantitative estimate of drug-likeness (QED) is 0.238. The van der Waals surface area contributed by atoms with Crippen LogP contribution in [0, 0.1) is 0 Å². The van der Waals surface area contributed by atoms with Gasteiger partial charge in [-0.3, -0.25) is 4.79 Å². The van der Waals surface area contributed by atoms with Crippen LogP contribution in [0.5, 0.6) is 0 Å². The zero-order valence-corrected chi connectivity index (χ0v) is 26.5. The predicted molar refractivity (Wildman–Crippen MR) is 175 cm³/mol. The van der Waals surface area contributed by atoms with E-state index in [9.17, 15) is 4.79 Å². The molecular weight excluding hydrogens is 584 g/mol. The van der Waals surface area contributed by atoms with Gasteiger partial charge in [-0.05, 0) is 51.2 Å². The van der Waals surface area contributed by atoms with Crippen molar-refractivity contribution in [1.29, 1.82) is 0 Å². The summed E-state index contributed by atoms with van der Waals surface area (Å²) in [4.78, 5) is 28.6. The van der Waals surface area contributed by atoms with Crippen molar-refractivity contribution in [3.63, 3.8) is 0 Å². The molecule has 4 N–H and O–H groups in total. The molecule has 2 aliphatic heterocycles. The topological polar surface area (TPSA) is 142 Å². The molecule has 12 nitrogen and oxygen atoms in total. The molecule has 242 valence electrons. The highest BCUT2D eigenvalue weighted by molar-refractivity contribution is 5.93. The van der Waals surface area contributed by atoms with Gasteiger partial charge >= 0.3 is 0 Å². The summed E-state index contributed by atoms with van der Waals surface area (Å²) < 4.78 is 19.6. The van der Waals surface area contributed by atoms with E-state index in [0.29, 0.717) is 42.6 Å². The summed E-state index contributed by atoms with van der Waals surface area (Å²) in [5, 5.41) is 8.70. The minimum Gasteiger partial charge on any atom is -0.367 e. The van der Waals surface area contributed by atoms with E-state index in [-0.39, 0.29) is 30.0 Å². The number of imidazole rings is 1. The molecule has 2 aromatic carbocycles. The van der Waals surface area contributed by atoms with Gasteiger partial charge < -0.3 is 30.6 Å². The Hall–Kier alpha value is -4.10. The number of aromatic nitrogens is 4. The number of fused-ring (bicyclic) bond motifs is 2. The number of carbonyl (C=O) groups excluding carboxylic acids is 1. The molecule has 0 spiro atoms. The van der Waals surface area contributed by atoms with E-state index in [1.165, 1.54) is 11.1 Å². The van der Waals surface area contributed by atoms with Crippen molar-refractivity contribution in [2.75, 3.05) is 35.3 Å². The summed E-state index contributed by atoms with van der Waals surface area (Å²) in [5.74, 6) is 0.0957. The Morgan fingerprint density at radius 1 is 1.07 bits per heavy atom. The van der Waals surface area contributed by atoms with E-state index in [2.05, 4.69) is 59.2 Å². The van der Waals surface area contributed by atoms with Gasteiger partial charge in [0, 0.05) is 31.1 Å². The van der Waals surface area contributed by atoms with Crippen LogP contribution >= 0.6 is 0 Å². The maximum atomic E-state index is 14.0. The van der Waals surface area contributed by atoms with Crippen LogP contribution in [0.15, 0.2) is 67.0 Å². The number of nitrogens with one attached hydrogen (secondary N) is 2. The molecule has 1 amide bonds. The highest BCUT2D eigenvalue weighted by Gasteiger charge is 2.53. The van der Waals surface area contributed by atoms with Crippen LogP contribution in [0.2, 0.25) is 0 Å². The number of nitrogens with zero attached hydrogens (tertiary/aromatic N) is 5. The average molecular weight is 627 g/mol. The fourth-order valence-electron chi connectivity index (χ4n) is 6.90. The predicted octanol–water partition coefficient (Wildman–Crippen LogP) is 3.77. The lowest BCUT2D eigenvalue weighted by Crippen LogP contribution is -2.50. The lowest BCUT2D eigenvalue weighted by Gasteiger charge is -2.27. The third-order valence-electron chi connectivity index (χ3n) is 9.08. The summed E-state index contributed by atoms with van der Waals surface area (Å²) in [5.41, 5.74) is 9.67. The molecule has 46 heavy (non-hydrogen) atoms. The van der Waals surface area contributed by atoms with Gasteiger partial charge in [0.05, 0.1) is 6.61 Å². The van der Waals surface area contributed by atoms with Gasteiger partial charge in [0.2, 0.25) is 5.95 Å². The molecule has 2 aromatic heterocycles. The maximum Gasteiger partial charge on any atom is 0.273 e. The number of anilines is 2. The van der Waals surface area contributed by atoms with Crippen molar-refractivity contribution in [3.05, 3.63) is 78.1 Å². The summed E-state index contributed by atoms with van der Waals surface area (Å²) in [6.07, 6.45) is 2.75. The van der Waals surface area contributed by atoms with Gasteiger partial charge in [-0.25, -0.2) is 14.7 Å². The third kappa shape index (κ3) is 6.05. The Bertz CT molecular complexity index is 1630. The standard InChI is InChI=1S/C34H42N8O4/c1-4-41(32(43)29-28-26(19-44-29)45-34(2,3)46-28)42-20-37-27-30(39-33(40-31(27)42)38-24-16-15-23(35)17-24)36-18-25(21-11-7-5-8-12-21)22-13-9-6-10-14-22/h5-14,20,23-26,28-29H,4,15-19,35H2,1-3H3,(H2,36,38,39,40)/t23?,24?,26-,28-,29-/m0/s1. The number of ether oxygens (including phenoxy) is 3. The Morgan fingerprint density at radius 2 is 1.78 bits per heavy atom. The van der Waals surface area contributed by atoms with E-state index in [0.717, 1.165) is 19.3 Å². The zero-order valence-electron chi connectivity index (χ0n) is 26.5. The monoisotopic (exact) mass is 626 g/mol. The van der Waals surface area contributed by atoms with Crippen LogP contribution in [-0.4, -0.2) is 81.4 Å². The SMILES string of the molecule is CCN(C(=O)[C@H]1OC[C@@H]2OC(C)(C)O[C@@H]21)n1cnc2c(NCC(c3ccccc3)c3ccccc3)nc(NC3CCC(N)C3)nc21. The molecule has 1 aliphatic carbocycles. The van der Waals surface area contributed by atoms with Crippen LogP contribution in [0.25, 0.3) is 11.2 Å². The largest absolute Gasteiger partial charge is 0.367 e. The van der Waals surface area contributed by atoms with Crippen molar-refractivity contribution in [1.82, 2.24) is 19.6 Å². The van der Waals surface area contributed by atoms with Crippen LogP contribution < -0.4 is 21.4 Å². The summed E-state index contributed by atoms with van der Waals surface area (Å²) >= 11 is 0. The average Bonchev–Trinajstić information content (AvgIpc) is 3.82. The highest BCUT2D eigenvalue weighted by atomic mass is 16.8. The van der Waals surface area contributed by atoms with Gasteiger partial charge in [0.25, 0.3) is 5.91 Å². The van der Waals surface area contributed by atoms with Gasteiger partial charge in [-0.2, -0.15) is 9.97 Å². The van der Waals surface area contributed by atoms with Gasteiger partial charge in [-0.1, -0.05) is 60.7 Å². The van der Waals surface area contributed by atoms with Crippen LogP contribution in [0.1, 0.15) is 57.1 Å². The van der Waals surface area contributed by atoms with Crippen molar-refractivity contribution in [2.45, 2.75) is 82.1 Å². The van der Waals surface area contributed by atoms with E-state index >= 15 is 0 Å². The lowest BCUT2D eigenvalue weighted by atomic mass is 9.91. The van der Waals surface area contributed by atoms with Crippen molar-refractivity contribution in [3.8, 4) is 0 Å². The normalized spacial score (nSPS) is 25.2. The first-order chi connectivity index (χ1) is 22.3. The molecule has 2 saturated heterocycles. The number of likely N-dealkylation sites (N-methyl/N-ethyl adjacent to an activating group) is 1. The zero-order chi connectivity index (χ0) is 31.8. The maximum absolute atomic E-state index is 14.0. The molecular formula is C34H42N8O4. The van der Waals surface area contributed by atoms with Crippen molar-refractivity contribution < 1.29 is 19.0 Å². The third-order valence-corrected chi connectivity index (χ3v) is 9.08. The van der Waals surface area contributed by atoms with Crippen molar-refractivity contribution in [2.24, 2.45) is 5.73 Å². The van der Waals surface area contributed by atoms with E-state index in [4.69, 9.17) is 34.9 Å². The highest BCUT2D eigenvalue weighted by Crippen LogP contribution is 2.36. The second-order valence-corrected chi connectivity index (χ2v) is 12.8. The first kappa shape index (κ1) is 30.5. The molecule has 0 radical (unpaired) electrons. The minimum absolute atomic E-state index is 0.0674.